The molecule has 0 saturated heterocycles. The van der Waals surface area contributed by atoms with E-state index in [-0.39, 0.29) is 23.9 Å². The standard InChI is InChI=1S/C8H16N2O3S2/c1-8(2,15(3,12)13)5-10-7(11)4-6(9)14/h4-5H2,1-3H3,(H2,9,14)(H,10,11). The summed E-state index contributed by atoms with van der Waals surface area (Å²) in [6.07, 6.45) is 1.07. The van der Waals surface area contributed by atoms with Crippen LogP contribution in [-0.2, 0) is 14.6 Å². The van der Waals surface area contributed by atoms with Crippen LogP contribution in [-0.4, -0.2) is 36.9 Å². The third-order valence-electron chi connectivity index (χ3n) is 2.05. The van der Waals surface area contributed by atoms with Gasteiger partial charge < -0.3 is 11.1 Å². The molecule has 0 aromatic heterocycles. The second-order valence-electron chi connectivity index (χ2n) is 3.95. The van der Waals surface area contributed by atoms with E-state index in [1.807, 2.05) is 0 Å². The van der Waals surface area contributed by atoms with Crippen molar-refractivity contribution in [2.75, 3.05) is 12.8 Å². The van der Waals surface area contributed by atoms with Crippen LogP contribution in [0.1, 0.15) is 20.3 Å². The number of carbonyl (C=O) groups excluding carboxylic acids is 1. The molecule has 0 saturated carbocycles. The molecule has 1 amide bonds. The summed E-state index contributed by atoms with van der Waals surface area (Å²) in [5, 5.41) is 2.48. The summed E-state index contributed by atoms with van der Waals surface area (Å²) in [5.41, 5.74) is 5.17. The van der Waals surface area contributed by atoms with Crippen molar-refractivity contribution in [3.8, 4) is 0 Å². The third kappa shape index (κ3) is 5.08. The number of nitrogens with one attached hydrogen (secondary N) is 1. The Labute approximate surface area is 95.3 Å². The van der Waals surface area contributed by atoms with Gasteiger partial charge in [0.05, 0.1) is 16.2 Å². The van der Waals surface area contributed by atoms with Crippen molar-refractivity contribution >= 4 is 33.0 Å². The maximum atomic E-state index is 11.3. The molecule has 0 aromatic carbocycles. The number of thiocarbonyl (C=S) groups is 1. The van der Waals surface area contributed by atoms with Crippen molar-refractivity contribution in [1.82, 2.24) is 5.32 Å². The van der Waals surface area contributed by atoms with Crippen LogP contribution in [0, 0.1) is 0 Å². The van der Waals surface area contributed by atoms with Crippen molar-refractivity contribution in [2.24, 2.45) is 5.73 Å². The van der Waals surface area contributed by atoms with Crippen molar-refractivity contribution in [2.45, 2.75) is 25.0 Å². The fourth-order valence-corrected chi connectivity index (χ4v) is 1.13. The first kappa shape index (κ1) is 14.3. The van der Waals surface area contributed by atoms with Gasteiger partial charge in [-0.15, -0.1) is 0 Å². The van der Waals surface area contributed by atoms with E-state index in [4.69, 9.17) is 5.73 Å². The molecule has 0 radical (unpaired) electrons. The predicted molar refractivity (Wildman–Crippen MR) is 63.3 cm³/mol. The molecule has 0 aliphatic heterocycles. The summed E-state index contributed by atoms with van der Waals surface area (Å²) < 4.78 is 21.6. The number of nitrogens with two attached hydrogens (primary N) is 1. The van der Waals surface area contributed by atoms with Crippen LogP contribution in [0.3, 0.4) is 0 Å². The summed E-state index contributed by atoms with van der Waals surface area (Å²) in [4.78, 5) is 11.2. The van der Waals surface area contributed by atoms with Crippen molar-refractivity contribution in [1.29, 1.82) is 0 Å². The van der Waals surface area contributed by atoms with Gasteiger partial charge in [-0.2, -0.15) is 0 Å². The van der Waals surface area contributed by atoms with Gasteiger partial charge in [-0.3, -0.25) is 4.79 Å². The maximum Gasteiger partial charge on any atom is 0.226 e. The average molecular weight is 252 g/mol. The smallest absolute Gasteiger partial charge is 0.226 e. The van der Waals surface area contributed by atoms with Gasteiger partial charge in [0.15, 0.2) is 9.84 Å². The molecule has 3 N–H and O–H groups in total. The Morgan fingerprint density at radius 2 is 1.93 bits per heavy atom. The molecular weight excluding hydrogens is 236 g/mol. The zero-order valence-corrected chi connectivity index (χ0v) is 10.7. The number of hydrogen-bond donors (Lipinski definition) is 2. The molecular formula is C8H16N2O3S2. The summed E-state index contributed by atoms with van der Waals surface area (Å²) >= 11 is 4.55. The first-order valence-corrected chi connectivity index (χ1v) is 6.61. The molecule has 5 nitrogen and oxygen atoms in total. The molecule has 0 aromatic rings. The molecule has 15 heavy (non-hydrogen) atoms. The largest absolute Gasteiger partial charge is 0.393 e. The van der Waals surface area contributed by atoms with Gasteiger partial charge in [-0.25, -0.2) is 8.42 Å². The number of rotatable bonds is 5. The lowest BCUT2D eigenvalue weighted by Gasteiger charge is -2.22. The quantitative estimate of drug-likeness (QED) is 0.650. The van der Waals surface area contributed by atoms with Crippen molar-refractivity contribution < 1.29 is 13.2 Å². The Kier molecular flexibility index (Phi) is 4.66. The van der Waals surface area contributed by atoms with E-state index in [1.54, 1.807) is 13.8 Å². The normalized spacial score (nSPS) is 12.2. The van der Waals surface area contributed by atoms with Crippen LogP contribution in [0.15, 0.2) is 0 Å². The SMILES string of the molecule is CC(C)(CNC(=O)CC(N)=S)S(C)(=O)=O. The van der Waals surface area contributed by atoms with E-state index in [2.05, 4.69) is 17.5 Å². The van der Waals surface area contributed by atoms with Crippen LogP contribution >= 0.6 is 12.2 Å². The van der Waals surface area contributed by atoms with E-state index in [9.17, 15) is 13.2 Å². The first-order chi connectivity index (χ1) is 6.56. The highest BCUT2D eigenvalue weighted by molar-refractivity contribution is 7.92. The lowest BCUT2D eigenvalue weighted by Crippen LogP contribution is -2.44. The fourth-order valence-electron chi connectivity index (χ4n) is 0.663. The molecule has 0 fully saturated rings. The maximum absolute atomic E-state index is 11.3. The Morgan fingerprint density at radius 1 is 1.47 bits per heavy atom. The number of hydrogen-bond acceptors (Lipinski definition) is 4. The minimum Gasteiger partial charge on any atom is -0.393 e. The minimum absolute atomic E-state index is 0.0489. The zero-order chi connectivity index (χ0) is 12.3. The highest BCUT2D eigenvalue weighted by atomic mass is 32.2. The average Bonchev–Trinajstić information content (AvgIpc) is 1.97. The molecule has 7 heteroatoms. The summed E-state index contributed by atoms with van der Waals surface area (Å²) in [6.45, 7) is 3.14. The number of sulfone groups is 1. The Bertz CT molecular complexity index is 360. The van der Waals surface area contributed by atoms with E-state index in [0.717, 1.165) is 6.26 Å². The van der Waals surface area contributed by atoms with Gasteiger partial charge in [0, 0.05) is 12.8 Å². The molecule has 0 atom stereocenters. The number of amides is 1. The second-order valence-corrected chi connectivity index (χ2v) is 7.13. The van der Waals surface area contributed by atoms with Crippen molar-refractivity contribution in [3.05, 3.63) is 0 Å². The van der Waals surface area contributed by atoms with Gasteiger partial charge in [-0.05, 0) is 13.8 Å². The first-order valence-electron chi connectivity index (χ1n) is 4.31. The van der Waals surface area contributed by atoms with Gasteiger partial charge in [0.25, 0.3) is 0 Å². The lowest BCUT2D eigenvalue weighted by atomic mass is 10.2. The molecule has 0 spiro atoms. The molecule has 0 unspecified atom stereocenters. The second kappa shape index (κ2) is 4.89. The molecule has 0 aliphatic rings. The van der Waals surface area contributed by atoms with E-state index in [1.165, 1.54) is 0 Å². The highest BCUT2D eigenvalue weighted by Gasteiger charge is 2.30. The fraction of sp³-hybridized carbons (Fsp3) is 0.750. The molecule has 0 bridgehead atoms. The van der Waals surface area contributed by atoms with Crippen LogP contribution in [0.5, 0.6) is 0 Å². The van der Waals surface area contributed by atoms with Gasteiger partial charge in [0.2, 0.25) is 5.91 Å². The minimum atomic E-state index is -3.21. The predicted octanol–water partition coefficient (Wildman–Crippen LogP) is -0.398. The lowest BCUT2D eigenvalue weighted by molar-refractivity contribution is -0.119. The summed E-state index contributed by atoms with van der Waals surface area (Å²) in [5.74, 6) is -0.362. The van der Waals surface area contributed by atoms with Crippen LogP contribution in [0.25, 0.3) is 0 Å². The van der Waals surface area contributed by atoms with Gasteiger partial charge >= 0.3 is 0 Å². The van der Waals surface area contributed by atoms with Gasteiger partial charge in [0.1, 0.15) is 0 Å². The van der Waals surface area contributed by atoms with Gasteiger partial charge in [-0.1, -0.05) is 12.2 Å². The van der Waals surface area contributed by atoms with E-state index < -0.39 is 14.6 Å². The molecule has 0 rings (SSSR count). The summed E-state index contributed by atoms with van der Waals surface area (Å²) in [6, 6.07) is 0. The Hall–Kier alpha value is -0.690. The van der Waals surface area contributed by atoms with Crippen LogP contribution in [0.2, 0.25) is 0 Å². The Morgan fingerprint density at radius 3 is 2.27 bits per heavy atom. The highest BCUT2D eigenvalue weighted by Crippen LogP contribution is 2.13. The molecule has 0 aliphatic carbocycles. The molecule has 0 heterocycles. The Balaban J connectivity index is 4.29. The van der Waals surface area contributed by atoms with Crippen LogP contribution in [0.4, 0.5) is 0 Å². The van der Waals surface area contributed by atoms with Crippen LogP contribution < -0.4 is 11.1 Å². The monoisotopic (exact) mass is 252 g/mol. The zero-order valence-electron chi connectivity index (χ0n) is 9.03. The third-order valence-corrected chi connectivity index (χ3v) is 4.35. The van der Waals surface area contributed by atoms with E-state index in [0.29, 0.717) is 0 Å². The number of carbonyl (C=O) groups is 1. The molecule has 88 valence electrons. The topological polar surface area (TPSA) is 89.3 Å². The van der Waals surface area contributed by atoms with E-state index >= 15 is 0 Å². The van der Waals surface area contributed by atoms with Crippen molar-refractivity contribution in [3.63, 3.8) is 0 Å². The summed E-state index contributed by atoms with van der Waals surface area (Å²) in [7, 11) is -3.21.